The first-order valence-electron chi connectivity index (χ1n) is 9.59. The van der Waals surface area contributed by atoms with Crippen molar-refractivity contribution in [1.29, 1.82) is 0 Å². The molecule has 2 saturated heterocycles. The van der Waals surface area contributed by atoms with Crippen molar-refractivity contribution in [2.24, 2.45) is 0 Å². The van der Waals surface area contributed by atoms with Crippen LogP contribution in [0.25, 0.3) is 0 Å². The van der Waals surface area contributed by atoms with Gasteiger partial charge in [-0.05, 0) is 26.7 Å². The first kappa shape index (κ1) is 18.1. The molecule has 0 saturated carbocycles. The van der Waals surface area contributed by atoms with Crippen molar-refractivity contribution in [2.75, 3.05) is 44.2 Å². The third kappa shape index (κ3) is 4.11. The van der Waals surface area contributed by atoms with Crippen molar-refractivity contribution in [1.82, 2.24) is 19.8 Å². The van der Waals surface area contributed by atoms with Gasteiger partial charge in [-0.25, -0.2) is 9.97 Å². The predicted molar refractivity (Wildman–Crippen MR) is 99.9 cm³/mol. The lowest BCUT2D eigenvalue weighted by atomic mass is 10.2. The average Bonchev–Trinajstić information content (AvgIpc) is 3.14. The molecule has 25 heavy (non-hydrogen) atoms. The first-order chi connectivity index (χ1) is 12.0. The molecule has 0 N–H and O–H groups in total. The maximum atomic E-state index is 12.6. The normalized spacial score (nSPS) is 20.4. The fraction of sp³-hybridized carbons (Fsp3) is 0.737. The third-order valence-electron chi connectivity index (χ3n) is 5.34. The predicted octanol–water partition coefficient (Wildman–Crippen LogP) is 2.04. The van der Waals surface area contributed by atoms with Gasteiger partial charge in [0.15, 0.2) is 0 Å². The van der Waals surface area contributed by atoms with E-state index in [2.05, 4.69) is 41.6 Å². The molecule has 1 unspecified atom stereocenters. The van der Waals surface area contributed by atoms with Crippen molar-refractivity contribution in [3.63, 3.8) is 0 Å². The summed E-state index contributed by atoms with van der Waals surface area (Å²) in [6.07, 6.45) is 2.30. The van der Waals surface area contributed by atoms with Gasteiger partial charge >= 0.3 is 0 Å². The zero-order chi connectivity index (χ0) is 18.0. The van der Waals surface area contributed by atoms with Gasteiger partial charge in [-0.3, -0.25) is 9.69 Å². The number of aromatic nitrogens is 2. The van der Waals surface area contributed by atoms with Crippen LogP contribution in [0.15, 0.2) is 6.07 Å². The van der Waals surface area contributed by atoms with E-state index in [1.165, 1.54) is 0 Å². The van der Waals surface area contributed by atoms with E-state index in [9.17, 15) is 4.79 Å². The summed E-state index contributed by atoms with van der Waals surface area (Å²) >= 11 is 0. The van der Waals surface area contributed by atoms with Gasteiger partial charge in [-0.2, -0.15) is 0 Å². The van der Waals surface area contributed by atoms with Crippen LogP contribution in [0, 0.1) is 6.92 Å². The van der Waals surface area contributed by atoms with E-state index in [0.29, 0.717) is 11.8 Å². The molecule has 0 bridgehead atoms. The van der Waals surface area contributed by atoms with Gasteiger partial charge in [-0.15, -0.1) is 0 Å². The number of likely N-dealkylation sites (tertiary alicyclic amines) is 1. The highest BCUT2D eigenvalue weighted by Gasteiger charge is 2.30. The van der Waals surface area contributed by atoms with Crippen LogP contribution in [-0.4, -0.2) is 71.0 Å². The molecule has 2 aliphatic rings. The average molecular weight is 345 g/mol. The molecule has 6 heteroatoms. The number of nitrogens with zero attached hydrogens (tertiary/aromatic N) is 5. The largest absolute Gasteiger partial charge is 0.354 e. The zero-order valence-electron chi connectivity index (χ0n) is 16.0. The van der Waals surface area contributed by atoms with E-state index in [1.807, 2.05) is 11.8 Å². The molecule has 0 aromatic carbocycles. The van der Waals surface area contributed by atoms with Gasteiger partial charge < -0.3 is 9.80 Å². The molecule has 0 aliphatic carbocycles. The lowest BCUT2D eigenvalue weighted by molar-refractivity contribution is -0.135. The van der Waals surface area contributed by atoms with Crippen LogP contribution >= 0.6 is 0 Å². The van der Waals surface area contributed by atoms with E-state index < -0.39 is 0 Å². The minimum atomic E-state index is -0.0152. The van der Waals surface area contributed by atoms with Crippen molar-refractivity contribution in [3.05, 3.63) is 17.6 Å². The third-order valence-corrected chi connectivity index (χ3v) is 5.34. The molecular weight excluding hydrogens is 314 g/mol. The van der Waals surface area contributed by atoms with Crippen LogP contribution in [0.4, 0.5) is 5.82 Å². The molecule has 0 spiro atoms. The molecule has 1 aromatic heterocycles. The molecular formula is C19H31N5O. The number of hydrogen-bond donors (Lipinski definition) is 0. The molecule has 1 aromatic rings. The Morgan fingerprint density at radius 2 is 1.64 bits per heavy atom. The summed E-state index contributed by atoms with van der Waals surface area (Å²) in [5.74, 6) is 2.56. The van der Waals surface area contributed by atoms with Gasteiger partial charge in [-0.1, -0.05) is 13.8 Å². The van der Waals surface area contributed by atoms with E-state index in [0.717, 1.165) is 69.4 Å². The Hall–Kier alpha value is -1.69. The lowest BCUT2D eigenvalue weighted by Crippen LogP contribution is -2.54. The Morgan fingerprint density at radius 1 is 1.00 bits per heavy atom. The Kier molecular flexibility index (Phi) is 5.57. The summed E-state index contributed by atoms with van der Waals surface area (Å²) in [5, 5.41) is 0. The summed E-state index contributed by atoms with van der Waals surface area (Å²) in [4.78, 5) is 28.6. The highest BCUT2D eigenvalue weighted by atomic mass is 16.2. The van der Waals surface area contributed by atoms with Gasteiger partial charge in [0.05, 0.1) is 6.04 Å². The maximum absolute atomic E-state index is 12.6. The monoisotopic (exact) mass is 345 g/mol. The quantitative estimate of drug-likeness (QED) is 0.836. The number of rotatable bonds is 4. The van der Waals surface area contributed by atoms with Crippen LogP contribution in [-0.2, 0) is 4.79 Å². The second kappa shape index (κ2) is 7.68. The van der Waals surface area contributed by atoms with Gasteiger partial charge in [0.25, 0.3) is 0 Å². The summed E-state index contributed by atoms with van der Waals surface area (Å²) in [6, 6.07) is 2.05. The maximum Gasteiger partial charge on any atom is 0.239 e. The molecule has 3 heterocycles. The molecule has 1 atom stereocenters. The Morgan fingerprint density at radius 3 is 2.24 bits per heavy atom. The van der Waals surface area contributed by atoms with Crippen molar-refractivity contribution in [3.8, 4) is 0 Å². The van der Waals surface area contributed by atoms with Crippen LogP contribution in [0.5, 0.6) is 0 Å². The smallest absolute Gasteiger partial charge is 0.239 e. The molecule has 6 nitrogen and oxygen atoms in total. The Bertz CT molecular complexity index is 604. The molecule has 2 fully saturated rings. The highest BCUT2D eigenvalue weighted by Crippen LogP contribution is 2.20. The summed E-state index contributed by atoms with van der Waals surface area (Å²) in [5.41, 5.74) is 1.02. The number of carbonyl (C=O) groups is 1. The van der Waals surface area contributed by atoms with E-state index in [1.54, 1.807) is 0 Å². The molecule has 0 radical (unpaired) electrons. The van der Waals surface area contributed by atoms with Crippen molar-refractivity contribution < 1.29 is 4.79 Å². The van der Waals surface area contributed by atoms with E-state index in [4.69, 9.17) is 4.98 Å². The molecule has 138 valence electrons. The number of hydrogen-bond acceptors (Lipinski definition) is 5. The minimum absolute atomic E-state index is 0.0152. The molecule has 1 amide bonds. The number of anilines is 1. The second-order valence-corrected chi connectivity index (χ2v) is 7.61. The Balaban J connectivity index is 1.61. The van der Waals surface area contributed by atoms with Gasteiger partial charge in [0.1, 0.15) is 11.6 Å². The number of piperazine rings is 1. The summed E-state index contributed by atoms with van der Waals surface area (Å²) in [6.45, 7) is 13.8. The number of carbonyl (C=O) groups excluding carboxylic acids is 1. The SMILES string of the molecule is Cc1cc(N2CCN(C(C)C(=O)N3CCCC3)CC2)nc(C(C)C)n1. The number of amides is 1. The van der Waals surface area contributed by atoms with Crippen LogP contribution in [0.3, 0.4) is 0 Å². The standard InChI is InChI=1S/C19H31N5O/c1-14(2)18-20-15(3)13-17(21-18)23-11-9-22(10-12-23)16(4)19(25)24-7-5-6-8-24/h13-14,16H,5-12H2,1-4H3. The Labute approximate surface area is 151 Å². The van der Waals surface area contributed by atoms with Crippen molar-refractivity contribution in [2.45, 2.75) is 52.5 Å². The van der Waals surface area contributed by atoms with Crippen LogP contribution < -0.4 is 4.90 Å². The van der Waals surface area contributed by atoms with E-state index in [-0.39, 0.29) is 6.04 Å². The van der Waals surface area contributed by atoms with Crippen LogP contribution in [0.2, 0.25) is 0 Å². The lowest BCUT2D eigenvalue weighted by Gasteiger charge is -2.39. The number of aryl methyl sites for hydroxylation is 1. The molecule has 3 rings (SSSR count). The topological polar surface area (TPSA) is 52.6 Å². The summed E-state index contributed by atoms with van der Waals surface area (Å²) in [7, 11) is 0. The minimum Gasteiger partial charge on any atom is -0.354 e. The summed E-state index contributed by atoms with van der Waals surface area (Å²) < 4.78 is 0. The highest BCUT2D eigenvalue weighted by molar-refractivity contribution is 5.81. The first-order valence-corrected chi connectivity index (χ1v) is 9.59. The fourth-order valence-electron chi connectivity index (χ4n) is 3.69. The molecule has 2 aliphatic heterocycles. The zero-order valence-corrected chi connectivity index (χ0v) is 16.0. The second-order valence-electron chi connectivity index (χ2n) is 7.61. The van der Waals surface area contributed by atoms with E-state index >= 15 is 0 Å². The van der Waals surface area contributed by atoms with Gasteiger partial charge in [0.2, 0.25) is 5.91 Å². The fourth-order valence-corrected chi connectivity index (χ4v) is 3.69. The van der Waals surface area contributed by atoms with Gasteiger partial charge in [0, 0.05) is 56.9 Å². The van der Waals surface area contributed by atoms with Crippen LogP contribution in [0.1, 0.15) is 51.0 Å². The van der Waals surface area contributed by atoms with Crippen molar-refractivity contribution >= 4 is 11.7 Å².